The molecule has 1 saturated heterocycles. The number of hydrogen-bond donors (Lipinski definition) is 3. The minimum Gasteiger partial charge on any atom is -0.411 e. The lowest BCUT2D eigenvalue weighted by molar-refractivity contribution is -0.129. The van der Waals surface area contributed by atoms with E-state index in [1.807, 2.05) is 44.2 Å². The Morgan fingerprint density at radius 3 is 2.39 bits per heavy atom. The van der Waals surface area contributed by atoms with Crippen LogP contribution in [-0.4, -0.2) is 107 Å². The van der Waals surface area contributed by atoms with Gasteiger partial charge in [0.2, 0.25) is 15.9 Å². The number of methoxy groups -OCH3 is 1. The number of imide groups is 1. The largest absolute Gasteiger partial charge is 0.411 e. The molecule has 51 heavy (non-hydrogen) atoms. The molecule has 0 saturated carbocycles. The number of aliphatic hydroxyl groups is 1. The minimum atomic E-state index is -4.10. The summed E-state index contributed by atoms with van der Waals surface area (Å²) in [6.07, 6.45) is -0.0266. The van der Waals surface area contributed by atoms with Crippen LogP contribution in [0, 0.1) is 11.8 Å². The fourth-order valence-electron chi connectivity index (χ4n) is 5.89. The van der Waals surface area contributed by atoms with Gasteiger partial charge in [-0.1, -0.05) is 75.3 Å². The average molecular weight is 743 g/mol. The Morgan fingerprint density at radius 1 is 1.10 bits per heavy atom. The molecular weight excluding hydrogens is 697 g/mol. The number of rotatable bonds is 18. The van der Waals surface area contributed by atoms with E-state index in [1.54, 1.807) is 26.3 Å². The van der Waals surface area contributed by atoms with E-state index in [0.29, 0.717) is 22.9 Å². The molecule has 1 aromatic heterocycles. The van der Waals surface area contributed by atoms with Gasteiger partial charge in [-0.2, -0.15) is 4.31 Å². The van der Waals surface area contributed by atoms with Crippen LogP contribution in [-0.2, 0) is 43.9 Å². The normalized spacial score (nSPS) is 15.8. The fraction of sp³-hybridized carbons (Fsp3) is 0.457. The number of nitrogens with zero attached hydrogens (tertiary/aromatic N) is 5. The molecule has 3 aromatic rings. The molecule has 3 atom stereocenters. The van der Waals surface area contributed by atoms with Crippen molar-refractivity contribution in [1.29, 1.82) is 0 Å². The zero-order valence-corrected chi connectivity index (χ0v) is 31.0. The molecular formula is C35H46N6O8S2. The Hall–Kier alpha value is -4.22. The van der Waals surface area contributed by atoms with Crippen molar-refractivity contribution in [2.75, 3.05) is 26.7 Å². The number of aromatic nitrogens is 1. The summed E-state index contributed by atoms with van der Waals surface area (Å²) < 4.78 is 34.0. The highest BCUT2D eigenvalue weighted by Crippen LogP contribution is 2.24. The van der Waals surface area contributed by atoms with Crippen LogP contribution in [0.25, 0.3) is 0 Å². The summed E-state index contributed by atoms with van der Waals surface area (Å²) >= 11 is 1.36. The molecule has 0 radical (unpaired) electrons. The van der Waals surface area contributed by atoms with Gasteiger partial charge in [0.25, 0.3) is 5.91 Å². The van der Waals surface area contributed by atoms with Crippen LogP contribution in [0.5, 0.6) is 0 Å². The lowest BCUT2D eigenvalue weighted by atomic mass is 9.97. The van der Waals surface area contributed by atoms with E-state index in [2.05, 4.69) is 15.5 Å². The van der Waals surface area contributed by atoms with E-state index in [4.69, 9.17) is 9.94 Å². The highest BCUT2D eigenvalue weighted by atomic mass is 32.2. The van der Waals surface area contributed by atoms with Gasteiger partial charge >= 0.3 is 6.03 Å². The Morgan fingerprint density at radius 2 is 1.78 bits per heavy atom. The van der Waals surface area contributed by atoms with E-state index in [9.17, 15) is 27.9 Å². The lowest BCUT2D eigenvalue weighted by Gasteiger charge is -2.34. The second kappa shape index (κ2) is 17.8. The highest BCUT2D eigenvalue weighted by molar-refractivity contribution is 7.89. The molecule has 1 aliphatic rings. The number of hydrogen-bond acceptors (Lipinski definition) is 11. The van der Waals surface area contributed by atoms with Gasteiger partial charge < -0.3 is 25.3 Å². The van der Waals surface area contributed by atoms with Crippen LogP contribution in [0.4, 0.5) is 4.79 Å². The summed E-state index contributed by atoms with van der Waals surface area (Å²) in [7, 11) is -2.55. The number of thiazole rings is 1. The lowest BCUT2D eigenvalue weighted by Crippen LogP contribution is -2.57. The van der Waals surface area contributed by atoms with Crippen molar-refractivity contribution in [1.82, 2.24) is 24.4 Å². The van der Waals surface area contributed by atoms with E-state index < -0.39 is 52.0 Å². The first kappa shape index (κ1) is 39.6. The van der Waals surface area contributed by atoms with Crippen molar-refractivity contribution in [3.8, 4) is 0 Å². The summed E-state index contributed by atoms with van der Waals surface area (Å²) in [5, 5.41) is 28.9. The van der Waals surface area contributed by atoms with Crippen LogP contribution in [0.15, 0.2) is 70.0 Å². The number of urea groups is 1. The van der Waals surface area contributed by atoms with Gasteiger partial charge in [0.15, 0.2) is 0 Å². The Kier molecular flexibility index (Phi) is 13.8. The summed E-state index contributed by atoms with van der Waals surface area (Å²) in [5.41, 5.74) is 1.82. The van der Waals surface area contributed by atoms with Gasteiger partial charge in [0.1, 0.15) is 17.6 Å². The number of carbonyl (C=O) groups excluding carboxylic acids is 3. The Labute approximate surface area is 302 Å². The van der Waals surface area contributed by atoms with E-state index in [-0.39, 0.29) is 43.4 Å². The van der Waals surface area contributed by atoms with Gasteiger partial charge in [-0.15, -0.1) is 11.3 Å². The molecule has 0 spiro atoms. The molecule has 14 nitrogen and oxygen atoms in total. The maximum Gasteiger partial charge on any atom is 0.328 e. The molecule has 1 aliphatic heterocycles. The predicted octanol–water partition coefficient (Wildman–Crippen LogP) is 3.32. The summed E-state index contributed by atoms with van der Waals surface area (Å²) in [6, 6.07) is 12.3. The third-order valence-corrected chi connectivity index (χ3v) is 11.0. The number of nitrogens with one attached hydrogen (secondary N) is 1. The topological polar surface area (TPSA) is 182 Å². The zero-order valence-electron chi connectivity index (χ0n) is 29.4. The SMILES string of the molecule is COCc1nc(CN2C(=O)CN([C@@H](C(=O)N[C@@H](Cc3ccccc3)C(O)CN(CC(C)C)S(=O)(=O)c3ccc(/C=N/O)cc3)C(C)C)C2=O)cs1. The standard InChI is InChI=1S/C35H46N6O8S2/c1-23(2)17-39(51(47,48)28-13-11-26(12-14-28)16-36-46)19-30(42)29(15-25-9-7-6-8-10-25)38-34(44)33(24(3)4)41-20-32(43)40(35(41)45)18-27-22-50-31(37-27)21-49-5/h6-14,16,22-24,29-30,33,42,46H,15,17-21H2,1-5H3,(H,38,44)/b36-16+/t29-,30?,33+/m0/s1. The number of oxime groups is 1. The van der Waals surface area contributed by atoms with Crippen LogP contribution < -0.4 is 5.32 Å². The maximum atomic E-state index is 14.1. The second-order valence-electron chi connectivity index (χ2n) is 13.1. The third-order valence-electron chi connectivity index (χ3n) is 8.28. The third kappa shape index (κ3) is 10.2. The monoisotopic (exact) mass is 742 g/mol. The molecule has 16 heteroatoms. The first-order valence-electron chi connectivity index (χ1n) is 16.6. The minimum absolute atomic E-state index is 0.0108. The number of aliphatic hydroxyl groups excluding tert-OH is 1. The van der Waals surface area contributed by atoms with Gasteiger partial charge in [-0.25, -0.2) is 18.2 Å². The van der Waals surface area contributed by atoms with Crippen LogP contribution in [0.3, 0.4) is 0 Å². The van der Waals surface area contributed by atoms with Crippen molar-refractivity contribution in [2.24, 2.45) is 17.0 Å². The molecule has 1 fully saturated rings. The van der Waals surface area contributed by atoms with E-state index in [0.717, 1.165) is 10.5 Å². The molecule has 1 unspecified atom stereocenters. The molecule has 2 heterocycles. The van der Waals surface area contributed by atoms with Crippen LogP contribution in [0.1, 0.15) is 49.5 Å². The van der Waals surface area contributed by atoms with Crippen LogP contribution in [0.2, 0.25) is 0 Å². The number of benzene rings is 2. The molecule has 0 aliphatic carbocycles. The van der Waals surface area contributed by atoms with Crippen molar-refractivity contribution in [3.05, 3.63) is 81.8 Å². The summed E-state index contributed by atoms with van der Waals surface area (Å²) in [5.74, 6) is -1.56. The summed E-state index contributed by atoms with van der Waals surface area (Å²) in [4.78, 5) is 47.5. The Balaban J connectivity index is 1.58. The number of carbonyl (C=O) groups is 3. The van der Waals surface area contributed by atoms with Crippen molar-refractivity contribution >= 4 is 45.4 Å². The Bertz CT molecular complexity index is 1770. The molecule has 4 amide bonds. The fourth-order valence-corrected chi connectivity index (χ4v) is 8.26. The van der Waals surface area contributed by atoms with Crippen molar-refractivity contribution in [3.63, 3.8) is 0 Å². The van der Waals surface area contributed by atoms with Crippen molar-refractivity contribution < 1.29 is 37.9 Å². The molecule has 3 N–H and O–H groups in total. The highest BCUT2D eigenvalue weighted by Gasteiger charge is 2.44. The van der Waals surface area contributed by atoms with Gasteiger partial charge in [0, 0.05) is 25.6 Å². The van der Waals surface area contributed by atoms with Crippen molar-refractivity contribution in [2.45, 2.75) is 70.4 Å². The van der Waals surface area contributed by atoms with Gasteiger partial charge in [0.05, 0.1) is 42.1 Å². The number of sulfonamides is 1. The van der Waals surface area contributed by atoms with Crippen LogP contribution >= 0.6 is 11.3 Å². The number of amides is 4. The summed E-state index contributed by atoms with van der Waals surface area (Å²) in [6.45, 7) is 6.95. The molecule has 2 aromatic carbocycles. The van der Waals surface area contributed by atoms with E-state index >= 15 is 0 Å². The van der Waals surface area contributed by atoms with E-state index in [1.165, 1.54) is 51.0 Å². The second-order valence-corrected chi connectivity index (χ2v) is 16.0. The quantitative estimate of drug-likeness (QED) is 0.0763. The first-order chi connectivity index (χ1) is 24.2. The predicted molar refractivity (Wildman–Crippen MR) is 192 cm³/mol. The van der Waals surface area contributed by atoms with Gasteiger partial charge in [-0.05, 0) is 41.5 Å². The number of ether oxygens (including phenoxy) is 1. The molecule has 276 valence electrons. The average Bonchev–Trinajstić information content (AvgIpc) is 3.64. The van der Waals surface area contributed by atoms with Gasteiger partial charge in [-0.3, -0.25) is 14.5 Å². The molecule has 4 rings (SSSR count). The smallest absolute Gasteiger partial charge is 0.328 e. The first-order valence-corrected chi connectivity index (χ1v) is 18.9. The molecule has 0 bridgehead atoms. The maximum absolute atomic E-state index is 14.1. The zero-order chi connectivity index (χ0) is 37.3.